The molecule has 5 N–H and O–H groups in total. The van der Waals surface area contributed by atoms with Gasteiger partial charge in [-0.05, 0) is 61.5 Å². The standard InChI is InChI=1S/C31H41B5O9S/c1-4-14(2)25(43)45-24-23(44-15(3)39)26(12-37)17(11-30(24,35)46)16-5-6-19-27(32)9-8-20(40)28(33,13-38)18(27)7-10-29(19,34)31(16,36)22(42)21(26)41/h4-5,17-24,37-38,40-42,46H,6-13H2,1-3H3/b14-4-/t17?,18?,19?,20-,21+,22-,23-,24-,26-,27+,28-,29-,30+,31+/m0/s1. The number of fused-ring (bicyclic) bond motifs is 7. The van der Waals surface area contributed by atoms with E-state index in [1.54, 1.807) is 13.0 Å². The van der Waals surface area contributed by atoms with Crippen molar-refractivity contribution < 1.29 is 44.6 Å². The minimum Gasteiger partial charge on any atom is -0.458 e. The lowest BCUT2D eigenvalue weighted by atomic mass is 9.21. The van der Waals surface area contributed by atoms with Gasteiger partial charge in [0.25, 0.3) is 0 Å². The first kappa shape index (κ1) is 36.2. The van der Waals surface area contributed by atoms with Crippen LogP contribution in [0, 0.1) is 23.2 Å². The highest BCUT2D eigenvalue weighted by atomic mass is 32.1. The average Bonchev–Trinajstić information content (AvgIpc) is 2.99. The van der Waals surface area contributed by atoms with E-state index in [1.165, 1.54) is 13.0 Å². The highest BCUT2D eigenvalue weighted by Crippen LogP contribution is 2.81. The Morgan fingerprint density at radius 1 is 0.957 bits per heavy atom. The van der Waals surface area contributed by atoms with Crippen LogP contribution in [0.5, 0.6) is 0 Å². The van der Waals surface area contributed by atoms with Crippen LogP contribution in [0.3, 0.4) is 0 Å². The zero-order valence-corrected chi connectivity index (χ0v) is 27.5. The smallest absolute Gasteiger partial charge is 0.333 e. The van der Waals surface area contributed by atoms with Gasteiger partial charge in [0.2, 0.25) is 0 Å². The van der Waals surface area contributed by atoms with Crippen LogP contribution in [-0.4, -0.2) is 125 Å². The molecule has 0 aromatic carbocycles. The fourth-order valence-corrected chi connectivity index (χ4v) is 10.5. The molecule has 0 saturated heterocycles. The Hall–Kier alpha value is -1.11. The topological polar surface area (TPSA) is 154 Å². The van der Waals surface area contributed by atoms with Crippen molar-refractivity contribution in [3.63, 3.8) is 0 Å². The Labute approximate surface area is 283 Å². The third-order valence-corrected chi connectivity index (χ3v) is 13.1. The van der Waals surface area contributed by atoms with Gasteiger partial charge in [0.05, 0.1) is 69.6 Å². The summed E-state index contributed by atoms with van der Waals surface area (Å²) in [6.45, 7) is 3.00. The van der Waals surface area contributed by atoms with E-state index in [9.17, 15) is 35.1 Å². The number of aliphatic hydroxyl groups is 5. The molecule has 9 nitrogen and oxygen atoms in total. The minimum absolute atomic E-state index is 0.115. The molecule has 10 radical (unpaired) electrons. The van der Waals surface area contributed by atoms with E-state index >= 15 is 0 Å². The van der Waals surface area contributed by atoms with Gasteiger partial charge in [0, 0.05) is 23.8 Å². The number of aliphatic hydroxyl groups excluding tert-OH is 5. The summed E-state index contributed by atoms with van der Waals surface area (Å²) in [5.74, 6) is -3.63. The maximum atomic E-state index is 13.0. The molecular weight excluding hydrogens is 602 g/mol. The number of esters is 2. The molecule has 14 atom stereocenters. The van der Waals surface area contributed by atoms with Crippen LogP contribution in [0.4, 0.5) is 0 Å². The molecule has 5 rings (SSSR count). The number of ether oxygens (including phenoxy) is 2. The summed E-state index contributed by atoms with van der Waals surface area (Å²) in [6, 6.07) is 0. The lowest BCUT2D eigenvalue weighted by Crippen LogP contribution is -2.75. The summed E-state index contributed by atoms with van der Waals surface area (Å²) in [5.41, 5.74) is -1.20. The number of allylic oxidation sites excluding steroid dienone is 2. The maximum Gasteiger partial charge on any atom is 0.333 e. The van der Waals surface area contributed by atoms with E-state index in [-0.39, 0.29) is 37.7 Å². The molecule has 0 amide bonds. The molecule has 5 aliphatic carbocycles. The Balaban J connectivity index is 1.67. The number of hydrogen-bond donors (Lipinski definition) is 6. The van der Waals surface area contributed by atoms with Crippen molar-refractivity contribution in [3.8, 4) is 0 Å². The van der Waals surface area contributed by atoms with Crippen molar-refractivity contribution in [2.75, 3.05) is 13.2 Å². The molecule has 240 valence electrons. The molecule has 5 aliphatic rings. The fourth-order valence-electron chi connectivity index (χ4n) is 10.1. The molecule has 0 spiro atoms. The molecule has 46 heavy (non-hydrogen) atoms. The zero-order chi connectivity index (χ0) is 34.4. The highest BCUT2D eigenvalue weighted by molar-refractivity contribution is 7.83. The minimum atomic E-state index is -1.85. The normalized spacial score (nSPS) is 51.8. The van der Waals surface area contributed by atoms with Crippen LogP contribution < -0.4 is 0 Å². The first-order valence-corrected chi connectivity index (χ1v) is 16.4. The van der Waals surface area contributed by atoms with E-state index in [4.69, 9.17) is 61.3 Å². The lowest BCUT2D eigenvalue weighted by molar-refractivity contribution is -0.244. The monoisotopic (exact) mass is 644 g/mol. The first-order valence-electron chi connectivity index (χ1n) is 15.9. The second-order valence-corrected chi connectivity index (χ2v) is 15.5. The van der Waals surface area contributed by atoms with Crippen molar-refractivity contribution in [1.29, 1.82) is 0 Å². The van der Waals surface area contributed by atoms with Crippen molar-refractivity contribution in [2.24, 2.45) is 23.2 Å². The summed E-state index contributed by atoms with van der Waals surface area (Å²) in [5, 5.41) is 50.8. The molecule has 0 aromatic heterocycles. The van der Waals surface area contributed by atoms with E-state index in [0.29, 0.717) is 12.0 Å². The quantitative estimate of drug-likeness (QED) is 0.0808. The van der Waals surface area contributed by atoms with Crippen LogP contribution in [0.25, 0.3) is 0 Å². The third-order valence-electron chi connectivity index (χ3n) is 12.7. The van der Waals surface area contributed by atoms with Crippen molar-refractivity contribution in [1.82, 2.24) is 0 Å². The van der Waals surface area contributed by atoms with E-state index in [0.717, 1.165) is 6.92 Å². The van der Waals surface area contributed by atoms with Gasteiger partial charge in [0.1, 0.15) is 6.10 Å². The van der Waals surface area contributed by atoms with Gasteiger partial charge in [-0.25, -0.2) is 4.79 Å². The number of hydrogen-bond acceptors (Lipinski definition) is 10. The molecule has 3 unspecified atom stereocenters. The average molecular weight is 644 g/mol. The first-order chi connectivity index (χ1) is 21.3. The largest absolute Gasteiger partial charge is 0.458 e. The molecule has 4 fully saturated rings. The molecule has 0 heterocycles. The Morgan fingerprint density at radius 3 is 2.17 bits per heavy atom. The molecule has 15 heteroatoms. The Kier molecular flexibility index (Phi) is 9.24. The molecule has 0 aliphatic heterocycles. The van der Waals surface area contributed by atoms with Crippen LogP contribution in [0.1, 0.15) is 59.3 Å². The van der Waals surface area contributed by atoms with Crippen LogP contribution in [-0.2, 0) is 19.1 Å². The number of rotatable bonds is 5. The highest BCUT2D eigenvalue weighted by Gasteiger charge is 2.75. The third kappa shape index (κ3) is 4.60. The van der Waals surface area contributed by atoms with Gasteiger partial charge < -0.3 is 35.0 Å². The van der Waals surface area contributed by atoms with E-state index in [2.05, 4.69) is 0 Å². The second kappa shape index (κ2) is 11.8. The summed E-state index contributed by atoms with van der Waals surface area (Å²) in [7, 11) is 35.2. The van der Waals surface area contributed by atoms with Gasteiger partial charge in [-0.1, -0.05) is 47.6 Å². The number of thiol groups is 1. The van der Waals surface area contributed by atoms with Gasteiger partial charge in [-0.2, -0.15) is 12.6 Å². The number of carbonyl (C=O) groups is 2. The lowest BCUT2D eigenvalue weighted by Gasteiger charge is -2.74. The van der Waals surface area contributed by atoms with Crippen molar-refractivity contribution in [3.05, 3.63) is 23.3 Å². The van der Waals surface area contributed by atoms with Crippen LogP contribution in [0.2, 0.25) is 21.3 Å². The summed E-state index contributed by atoms with van der Waals surface area (Å²) in [4.78, 5) is 25.5. The molecular formula is C31H41B5O9S. The summed E-state index contributed by atoms with van der Waals surface area (Å²) >= 11 is 4.71. The SMILES string of the molecule is [B][C@]12CC[C@H](O)[C@]([B])(CO)C1CC[C@]1([B])C2CC=C2C3C[C@@]([B])(S)[C@@H](OC(=O)/C(C)=C\C)[C@H](OC(C)=O)[C@]3(CO)[C@H](O)[C@H](O)[C@]21[B]. The van der Waals surface area contributed by atoms with Crippen LogP contribution >= 0.6 is 12.6 Å². The van der Waals surface area contributed by atoms with Crippen molar-refractivity contribution in [2.45, 2.75) is 116 Å². The fraction of sp³-hybridized carbons (Fsp3) is 0.806. The zero-order valence-electron chi connectivity index (χ0n) is 26.6. The van der Waals surface area contributed by atoms with Gasteiger partial charge in [-0.3, -0.25) is 4.79 Å². The van der Waals surface area contributed by atoms with Gasteiger partial charge in [0.15, 0.2) is 6.10 Å². The molecule has 4 saturated carbocycles. The summed E-state index contributed by atoms with van der Waals surface area (Å²) < 4.78 is 9.85. The van der Waals surface area contributed by atoms with Gasteiger partial charge >= 0.3 is 11.9 Å². The second-order valence-electron chi connectivity index (χ2n) is 14.6. The van der Waals surface area contributed by atoms with Crippen molar-refractivity contribution >= 4 is 63.8 Å². The van der Waals surface area contributed by atoms with E-state index < -0.39 is 105 Å². The molecule has 0 aromatic rings. The van der Waals surface area contributed by atoms with E-state index in [1.807, 2.05) is 0 Å². The Bertz CT molecular complexity index is 1330. The predicted molar refractivity (Wildman–Crippen MR) is 177 cm³/mol. The number of carbonyl (C=O) groups excluding carboxylic acids is 2. The Morgan fingerprint density at radius 2 is 1.61 bits per heavy atom. The van der Waals surface area contributed by atoms with Crippen LogP contribution in [0.15, 0.2) is 23.3 Å². The van der Waals surface area contributed by atoms with Gasteiger partial charge in [-0.15, -0.1) is 0 Å². The predicted octanol–water partition coefficient (Wildman–Crippen LogP) is 0.137. The summed E-state index contributed by atoms with van der Waals surface area (Å²) in [6.07, 6.45) is -3.18. The maximum absolute atomic E-state index is 13.0. The molecule has 0 bridgehead atoms.